The first kappa shape index (κ1) is 20.1. The number of ether oxygens (including phenoxy) is 2. The van der Waals surface area contributed by atoms with Crippen molar-refractivity contribution in [2.24, 2.45) is 5.92 Å². The maximum atomic E-state index is 12.9. The summed E-state index contributed by atoms with van der Waals surface area (Å²) in [6, 6.07) is 7.34. The quantitative estimate of drug-likeness (QED) is 0.647. The van der Waals surface area contributed by atoms with Gasteiger partial charge in [0.05, 0.1) is 25.8 Å². The molecular formula is C21H23N5O3S. The van der Waals surface area contributed by atoms with E-state index in [9.17, 15) is 4.79 Å². The predicted octanol–water partition coefficient (Wildman–Crippen LogP) is 3.47. The number of benzene rings is 1. The number of hydrogen-bond donors (Lipinski definition) is 1. The fraction of sp³-hybridized carbons (Fsp3) is 0.333. The molecule has 3 aromatic rings. The highest BCUT2D eigenvalue weighted by molar-refractivity contribution is 7.14. The number of carbonyl (C=O) groups is 1. The summed E-state index contributed by atoms with van der Waals surface area (Å²) in [5.74, 6) is 1.91. The molecule has 0 bridgehead atoms. The zero-order valence-corrected chi connectivity index (χ0v) is 17.7. The third-order valence-corrected chi connectivity index (χ3v) is 5.80. The molecule has 0 radical (unpaired) electrons. The molecule has 4 rings (SSSR count). The van der Waals surface area contributed by atoms with Crippen molar-refractivity contribution >= 4 is 28.3 Å². The Balaban J connectivity index is 1.45. The van der Waals surface area contributed by atoms with Crippen molar-refractivity contribution in [2.75, 3.05) is 37.5 Å². The van der Waals surface area contributed by atoms with Crippen molar-refractivity contribution in [2.45, 2.75) is 12.8 Å². The van der Waals surface area contributed by atoms with E-state index >= 15 is 0 Å². The first-order valence-electron chi connectivity index (χ1n) is 9.68. The highest BCUT2D eigenvalue weighted by Gasteiger charge is 2.27. The summed E-state index contributed by atoms with van der Waals surface area (Å²) < 4.78 is 10.8. The summed E-state index contributed by atoms with van der Waals surface area (Å²) in [4.78, 5) is 28.1. The number of hydrogen-bond acceptors (Lipinski definition) is 8. The van der Waals surface area contributed by atoms with Gasteiger partial charge in [0.1, 0.15) is 11.5 Å². The highest BCUT2D eigenvalue weighted by atomic mass is 32.1. The summed E-state index contributed by atoms with van der Waals surface area (Å²) in [7, 11) is 3.23. The van der Waals surface area contributed by atoms with E-state index in [0.717, 1.165) is 36.4 Å². The minimum Gasteiger partial charge on any atom is -0.497 e. The van der Waals surface area contributed by atoms with E-state index < -0.39 is 0 Å². The largest absolute Gasteiger partial charge is 0.497 e. The van der Waals surface area contributed by atoms with Crippen LogP contribution in [-0.4, -0.2) is 48.2 Å². The average Bonchev–Trinajstić information content (AvgIpc) is 3.27. The van der Waals surface area contributed by atoms with Crippen molar-refractivity contribution in [3.8, 4) is 22.8 Å². The van der Waals surface area contributed by atoms with Crippen LogP contribution in [0.15, 0.2) is 42.0 Å². The number of aromatic nitrogens is 3. The van der Waals surface area contributed by atoms with E-state index in [0.29, 0.717) is 23.4 Å². The molecule has 1 N–H and O–H groups in total. The van der Waals surface area contributed by atoms with E-state index in [2.05, 4.69) is 25.2 Å². The Morgan fingerprint density at radius 1 is 1.23 bits per heavy atom. The SMILES string of the molecule is COc1ccc(OC)c(-c2csc(NC(=O)C3CCCN(c4ncccn4)C3)n2)c1. The smallest absolute Gasteiger partial charge is 0.231 e. The van der Waals surface area contributed by atoms with Crippen LogP contribution in [0.2, 0.25) is 0 Å². The number of nitrogens with zero attached hydrogens (tertiary/aromatic N) is 4. The zero-order chi connectivity index (χ0) is 20.9. The standard InChI is InChI=1S/C21H23N5O3S/c1-28-15-6-7-18(29-2)16(11-15)17-13-30-21(24-17)25-19(27)14-5-3-10-26(12-14)20-22-8-4-9-23-20/h4,6-9,11,13-14H,3,5,10,12H2,1-2H3,(H,24,25,27). The molecule has 156 valence electrons. The second-order valence-electron chi connectivity index (χ2n) is 6.93. The van der Waals surface area contributed by atoms with Crippen LogP contribution in [0.4, 0.5) is 11.1 Å². The Morgan fingerprint density at radius 2 is 2.07 bits per heavy atom. The van der Waals surface area contributed by atoms with Gasteiger partial charge in [-0.2, -0.15) is 0 Å². The Bertz CT molecular complexity index is 1010. The molecule has 3 heterocycles. The maximum Gasteiger partial charge on any atom is 0.231 e. The molecule has 1 saturated heterocycles. The van der Waals surface area contributed by atoms with Gasteiger partial charge in [0, 0.05) is 36.4 Å². The molecule has 1 fully saturated rings. The van der Waals surface area contributed by atoms with Crippen LogP contribution < -0.4 is 19.7 Å². The molecule has 9 heteroatoms. The van der Waals surface area contributed by atoms with Crippen molar-refractivity contribution in [1.82, 2.24) is 15.0 Å². The molecule has 1 atom stereocenters. The number of thiazole rings is 1. The lowest BCUT2D eigenvalue weighted by molar-refractivity contribution is -0.120. The fourth-order valence-corrected chi connectivity index (χ4v) is 4.22. The maximum absolute atomic E-state index is 12.9. The summed E-state index contributed by atoms with van der Waals surface area (Å²) in [6.45, 7) is 1.45. The normalized spacial score (nSPS) is 16.2. The van der Waals surface area contributed by atoms with Gasteiger partial charge in [-0.3, -0.25) is 4.79 Å². The van der Waals surface area contributed by atoms with Gasteiger partial charge in [-0.1, -0.05) is 0 Å². The van der Waals surface area contributed by atoms with E-state index in [1.165, 1.54) is 11.3 Å². The van der Waals surface area contributed by atoms with Crippen LogP contribution in [-0.2, 0) is 4.79 Å². The molecule has 30 heavy (non-hydrogen) atoms. The number of methoxy groups -OCH3 is 2. The van der Waals surface area contributed by atoms with Crippen molar-refractivity contribution < 1.29 is 14.3 Å². The number of anilines is 2. The van der Waals surface area contributed by atoms with Gasteiger partial charge in [-0.05, 0) is 37.1 Å². The topological polar surface area (TPSA) is 89.5 Å². The van der Waals surface area contributed by atoms with Gasteiger partial charge < -0.3 is 19.7 Å². The monoisotopic (exact) mass is 425 g/mol. The third kappa shape index (κ3) is 4.35. The molecule has 0 spiro atoms. The molecule has 1 unspecified atom stereocenters. The van der Waals surface area contributed by atoms with Gasteiger partial charge in [-0.15, -0.1) is 11.3 Å². The number of rotatable bonds is 6. The number of amides is 1. The summed E-state index contributed by atoms with van der Waals surface area (Å²) in [5, 5.41) is 5.43. The highest BCUT2D eigenvalue weighted by Crippen LogP contribution is 2.35. The van der Waals surface area contributed by atoms with Crippen molar-refractivity contribution in [1.29, 1.82) is 0 Å². The molecule has 1 aliphatic rings. The molecule has 0 saturated carbocycles. The number of carbonyl (C=O) groups excluding carboxylic acids is 1. The minimum atomic E-state index is -0.138. The Hall–Kier alpha value is -3.20. The van der Waals surface area contributed by atoms with E-state index in [4.69, 9.17) is 9.47 Å². The van der Waals surface area contributed by atoms with Gasteiger partial charge >= 0.3 is 0 Å². The van der Waals surface area contributed by atoms with Crippen molar-refractivity contribution in [3.63, 3.8) is 0 Å². The van der Waals surface area contributed by atoms with Gasteiger partial charge in [0.25, 0.3) is 0 Å². The predicted molar refractivity (Wildman–Crippen MR) is 116 cm³/mol. The van der Waals surface area contributed by atoms with Crippen LogP contribution in [0.3, 0.4) is 0 Å². The molecule has 2 aromatic heterocycles. The van der Waals surface area contributed by atoms with Gasteiger partial charge in [0.15, 0.2) is 5.13 Å². The van der Waals surface area contributed by atoms with E-state index in [-0.39, 0.29) is 11.8 Å². The Kier molecular flexibility index (Phi) is 6.08. The van der Waals surface area contributed by atoms with Crippen LogP contribution in [0.1, 0.15) is 12.8 Å². The number of piperidine rings is 1. The summed E-state index contributed by atoms with van der Waals surface area (Å²) in [5.41, 5.74) is 1.55. The van der Waals surface area contributed by atoms with Crippen molar-refractivity contribution in [3.05, 3.63) is 42.0 Å². The molecule has 0 aliphatic carbocycles. The zero-order valence-electron chi connectivity index (χ0n) is 16.9. The lowest BCUT2D eigenvalue weighted by Crippen LogP contribution is -2.41. The molecule has 1 aliphatic heterocycles. The first-order valence-corrected chi connectivity index (χ1v) is 10.6. The summed E-state index contributed by atoms with van der Waals surface area (Å²) in [6.07, 6.45) is 5.18. The van der Waals surface area contributed by atoms with Crippen LogP contribution >= 0.6 is 11.3 Å². The lowest BCUT2D eigenvalue weighted by Gasteiger charge is -2.31. The van der Waals surface area contributed by atoms with Crippen LogP contribution in [0.5, 0.6) is 11.5 Å². The average molecular weight is 426 g/mol. The third-order valence-electron chi connectivity index (χ3n) is 5.04. The number of nitrogens with one attached hydrogen (secondary N) is 1. The molecule has 1 aromatic carbocycles. The fourth-order valence-electron chi connectivity index (χ4n) is 3.50. The molecule has 1 amide bonds. The summed E-state index contributed by atoms with van der Waals surface area (Å²) >= 11 is 1.39. The Labute approximate surface area is 178 Å². The minimum absolute atomic E-state index is 0.0332. The lowest BCUT2D eigenvalue weighted by atomic mass is 9.97. The molecule has 8 nitrogen and oxygen atoms in total. The van der Waals surface area contributed by atoms with Gasteiger partial charge in [0.2, 0.25) is 11.9 Å². The van der Waals surface area contributed by atoms with E-state index in [1.54, 1.807) is 32.7 Å². The van der Waals surface area contributed by atoms with Crippen LogP contribution in [0, 0.1) is 5.92 Å². The van der Waals surface area contributed by atoms with Gasteiger partial charge in [-0.25, -0.2) is 15.0 Å². The Morgan fingerprint density at radius 3 is 2.83 bits per heavy atom. The molecular weight excluding hydrogens is 402 g/mol. The second kappa shape index (κ2) is 9.08. The second-order valence-corrected chi connectivity index (χ2v) is 7.79. The first-order chi connectivity index (χ1) is 14.7. The van der Waals surface area contributed by atoms with Crippen LogP contribution in [0.25, 0.3) is 11.3 Å². The van der Waals surface area contributed by atoms with E-state index in [1.807, 2.05) is 23.6 Å².